The molecule has 196 valence electrons. The summed E-state index contributed by atoms with van der Waals surface area (Å²) < 4.78 is 41.1. The Labute approximate surface area is 208 Å². The monoisotopic (exact) mass is 506 g/mol. The van der Waals surface area contributed by atoms with Crippen molar-refractivity contribution in [2.24, 2.45) is 16.1 Å². The number of aliphatic imine (C=N–C) groups is 1. The highest BCUT2D eigenvalue weighted by Crippen LogP contribution is 2.39. The Morgan fingerprint density at radius 1 is 1.22 bits per heavy atom. The average Bonchev–Trinajstić information content (AvgIpc) is 3.20. The number of carbonyl (C=O) groups is 1. The van der Waals surface area contributed by atoms with Gasteiger partial charge in [-0.2, -0.15) is 18.3 Å². The van der Waals surface area contributed by atoms with Crippen molar-refractivity contribution in [2.45, 2.75) is 63.9 Å². The summed E-state index contributed by atoms with van der Waals surface area (Å²) in [7, 11) is 1.76. The molecule has 1 aliphatic heterocycles. The number of hydrogen-bond donors (Lipinski definition) is 3. The van der Waals surface area contributed by atoms with Gasteiger partial charge in [0.2, 0.25) is 0 Å². The maximum atomic E-state index is 13.1. The molecule has 1 aromatic heterocycles. The van der Waals surface area contributed by atoms with E-state index in [1.807, 2.05) is 0 Å². The second-order valence-electron chi connectivity index (χ2n) is 10.7. The van der Waals surface area contributed by atoms with E-state index in [9.17, 15) is 23.1 Å². The molecule has 1 saturated heterocycles. The van der Waals surface area contributed by atoms with Crippen LogP contribution in [0.1, 0.15) is 62.0 Å². The Hall–Kier alpha value is -2.92. The molecule has 36 heavy (non-hydrogen) atoms. The molecule has 1 saturated carbocycles. The van der Waals surface area contributed by atoms with Crippen LogP contribution in [0.3, 0.4) is 0 Å². The molecule has 2 heterocycles. The first kappa shape index (κ1) is 26.2. The van der Waals surface area contributed by atoms with Crippen molar-refractivity contribution >= 4 is 23.1 Å². The molecule has 2 fully saturated rings. The molecule has 0 bridgehead atoms. The lowest BCUT2D eigenvalue weighted by molar-refractivity contribution is -0.258. The van der Waals surface area contributed by atoms with Crippen LogP contribution in [0.15, 0.2) is 35.5 Å². The van der Waals surface area contributed by atoms with Crippen LogP contribution >= 0.6 is 0 Å². The van der Waals surface area contributed by atoms with E-state index in [0.29, 0.717) is 24.1 Å². The van der Waals surface area contributed by atoms with Crippen LogP contribution in [-0.4, -0.2) is 63.8 Å². The number of aliphatic hydroxyl groups is 1. The van der Waals surface area contributed by atoms with E-state index in [1.165, 1.54) is 24.3 Å². The van der Waals surface area contributed by atoms with E-state index in [0.717, 1.165) is 38.1 Å². The molecular weight excluding hydrogens is 473 g/mol. The number of rotatable bonds is 6. The fraction of sp³-hybridized carbons (Fsp3) is 0.560. The SMILES string of the molecule is CN=C1C[C@@H](N2CC(C)(C)C2)CC[C@@H]1n1cc(C(N)=O)c(Nc2ccc([C@](C)(O)C(F)(F)F)cc2)n1. The van der Waals surface area contributed by atoms with Crippen LogP contribution in [-0.2, 0) is 5.60 Å². The Bertz CT molecular complexity index is 1150. The summed E-state index contributed by atoms with van der Waals surface area (Å²) in [6, 6.07) is 5.45. The number of nitrogens with zero attached hydrogens (tertiary/aromatic N) is 4. The zero-order chi connectivity index (χ0) is 26.5. The first-order chi connectivity index (χ1) is 16.7. The largest absolute Gasteiger partial charge is 0.421 e. The van der Waals surface area contributed by atoms with Gasteiger partial charge in [-0.1, -0.05) is 26.0 Å². The minimum absolute atomic E-state index is 0.113. The second kappa shape index (κ2) is 9.19. The summed E-state index contributed by atoms with van der Waals surface area (Å²) in [5.74, 6) is -0.466. The summed E-state index contributed by atoms with van der Waals surface area (Å²) in [6.45, 7) is 7.36. The molecule has 8 nitrogen and oxygen atoms in total. The standard InChI is InChI=1S/C25H33F3N6O2/c1-23(2)13-33(14-23)17-9-10-20(19(11-17)30-4)34-12-18(21(29)35)22(32-34)31-16-7-5-15(6-8-16)24(3,36)25(26,27)28/h5-8,12,17,20,36H,9-11,13-14H2,1-4H3,(H2,29,35)(H,31,32)/t17-,20-,24-/m0/s1. The molecule has 3 atom stereocenters. The van der Waals surface area contributed by atoms with E-state index >= 15 is 0 Å². The second-order valence-corrected chi connectivity index (χ2v) is 10.7. The smallest absolute Gasteiger partial charge is 0.376 e. The quantitative estimate of drug-likeness (QED) is 0.549. The average molecular weight is 507 g/mol. The zero-order valence-corrected chi connectivity index (χ0v) is 20.9. The van der Waals surface area contributed by atoms with E-state index in [-0.39, 0.29) is 23.0 Å². The van der Waals surface area contributed by atoms with Crippen molar-refractivity contribution in [3.63, 3.8) is 0 Å². The fourth-order valence-corrected chi connectivity index (χ4v) is 5.15. The van der Waals surface area contributed by atoms with Gasteiger partial charge >= 0.3 is 6.18 Å². The number of alkyl halides is 3. The van der Waals surface area contributed by atoms with Gasteiger partial charge in [-0.25, -0.2) is 0 Å². The van der Waals surface area contributed by atoms with E-state index in [4.69, 9.17) is 5.73 Å². The number of aromatic nitrogens is 2. The number of amides is 1. The summed E-state index contributed by atoms with van der Waals surface area (Å²) in [5.41, 5.74) is 4.23. The Morgan fingerprint density at radius 3 is 2.39 bits per heavy atom. The first-order valence-electron chi connectivity index (χ1n) is 12.0. The first-order valence-corrected chi connectivity index (χ1v) is 12.0. The van der Waals surface area contributed by atoms with Crippen LogP contribution < -0.4 is 11.1 Å². The number of anilines is 2. The Morgan fingerprint density at radius 2 is 1.86 bits per heavy atom. The van der Waals surface area contributed by atoms with Gasteiger partial charge in [-0.15, -0.1) is 0 Å². The third-order valence-corrected chi connectivity index (χ3v) is 7.25. The number of benzene rings is 1. The molecule has 2 aliphatic rings. The third kappa shape index (κ3) is 4.99. The number of primary amides is 1. The lowest BCUT2D eigenvalue weighted by Gasteiger charge is -2.51. The lowest BCUT2D eigenvalue weighted by atomic mass is 9.79. The number of nitrogens with one attached hydrogen (secondary N) is 1. The number of nitrogens with two attached hydrogens (primary N) is 1. The van der Waals surface area contributed by atoms with Crippen molar-refractivity contribution in [3.8, 4) is 0 Å². The third-order valence-electron chi connectivity index (χ3n) is 7.25. The summed E-state index contributed by atoms with van der Waals surface area (Å²) in [4.78, 5) is 19.2. The van der Waals surface area contributed by atoms with Gasteiger partial charge in [-0.05, 0) is 42.9 Å². The predicted molar refractivity (Wildman–Crippen MR) is 131 cm³/mol. The summed E-state index contributed by atoms with van der Waals surface area (Å²) in [5, 5.41) is 17.4. The normalized spacial score (nSPS) is 25.3. The lowest BCUT2D eigenvalue weighted by Crippen LogP contribution is -2.58. The summed E-state index contributed by atoms with van der Waals surface area (Å²) in [6.07, 6.45) is -0.601. The minimum atomic E-state index is -4.82. The van der Waals surface area contributed by atoms with Gasteiger partial charge in [-0.3, -0.25) is 19.4 Å². The molecule has 0 unspecified atom stereocenters. The van der Waals surface area contributed by atoms with E-state index in [1.54, 1.807) is 17.9 Å². The van der Waals surface area contributed by atoms with Crippen molar-refractivity contribution < 1.29 is 23.1 Å². The fourth-order valence-electron chi connectivity index (χ4n) is 5.15. The topological polar surface area (TPSA) is 109 Å². The van der Waals surface area contributed by atoms with Crippen molar-refractivity contribution in [3.05, 3.63) is 41.6 Å². The van der Waals surface area contributed by atoms with E-state index in [2.05, 4.69) is 34.2 Å². The van der Waals surface area contributed by atoms with Crippen LogP contribution in [0.4, 0.5) is 24.7 Å². The van der Waals surface area contributed by atoms with Crippen LogP contribution in [0.5, 0.6) is 0 Å². The van der Waals surface area contributed by atoms with Crippen LogP contribution in [0, 0.1) is 5.41 Å². The van der Waals surface area contributed by atoms with Crippen LogP contribution in [0.25, 0.3) is 0 Å². The van der Waals surface area contributed by atoms with Crippen LogP contribution in [0.2, 0.25) is 0 Å². The minimum Gasteiger partial charge on any atom is -0.376 e. The van der Waals surface area contributed by atoms with E-state index < -0.39 is 17.7 Å². The van der Waals surface area contributed by atoms with Crippen molar-refractivity contribution in [1.29, 1.82) is 0 Å². The van der Waals surface area contributed by atoms with Gasteiger partial charge in [0.05, 0.1) is 6.04 Å². The van der Waals surface area contributed by atoms with Crippen molar-refractivity contribution in [1.82, 2.24) is 14.7 Å². The van der Waals surface area contributed by atoms with Gasteiger partial charge < -0.3 is 16.2 Å². The highest BCUT2D eigenvalue weighted by atomic mass is 19.4. The molecule has 4 N–H and O–H groups in total. The maximum Gasteiger partial charge on any atom is 0.421 e. The van der Waals surface area contributed by atoms with Gasteiger partial charge in [0.25, 0.3) is 5.91 Å². The number of halogens is 3. The van der Waals surface area contributed by atoms with Crippen molar-refractivity contribution in [2.75, 3.05) is 25.5 Å². The molecule has 1 amide bonds. The highest BCUT2D eigenvalue weighted by molar-refractivity contribution is 5.98. The molecule has 2 aromatic rings. The molecule has 1 aromatic carbocycles. The summed E-state index contributed by atoms with van der Waals surface area (Å²) >= 11 is 0. The number of likely N-dealkylation sites (tertiary alicyclic amines) is 1. The Kier molecular flexibility index (Phi) is 6.67. The molecule has 0 spiro atoms. The maximum absolute atomic E-state index is 13.1. The molecule has 11 heteroatoms. The van der Waals surface area contributed by atoms with Gasteiger partial charge in [0.1, 0.15) is 5.56 Å². The number of carbonyl (C=O) groups excluding carboxylic acids is 1. The highest BCUT2D eigenvalue weighted by Gasteiger charge is 2.51. The predicted octanol–water partition coefficient (Wildman–Crippen LogP) is 4.00. The van der Waals surface area contributed by atoms with Gasteiger partial charge in [0, 0.05) is 50.2 Å². The molecular formula is C25H33F3N6O2. The Balaban J connectivity index is 1.52. The van der Waals surface area contributed by atoms with Gasteiger partial charge in [0.15, 0.2) is 11.4 Å². The molecule has 4 rings (SSSR count). The number of hydrogen-bond acceptors (Lipinski definition) is 6. The molecule has 0 radical (unpaired) electrons. The zero-order valence-electron chi connectivity index (χ0n) is 20.9. The molecule has 1 aliphatic carbocycles.